The summed E-state index contributed by atoms with van der Waals surface area (Å²) in [5.74, 6) is 0.910. The number of carbonyl (C=O) groups excluding carboxylic acids is 2. The third-order valence-electron chi connectivity index (χ3n) is 3.61. The van der Waals surface area contributed by atoms with Gasteiger partial charge in [-0.05, 0) is 43.3 Å². The van der Waals surface area contributed by atoms with Crippen molar-refractivity contribution in [2.24, 2.45) is 0 Å². The maximum absolute atomic E-state index is 12.6. The number of Topliss-reactive ketones (excluding diaryl/α,β-unsaturated/α-hetero) is 1. The van der Waals surface area contributed by atoms with Crippen LogP contribution in [0.3, 0.4) is 0 Å². The molecule has 132 valence electrons. The summed E-state index contributed by atoms with van der Waals surface area (Å²) >= 11 is 0. The zero-order valence-electron chi connectivity index (χ0n) is 14.4. The summed E-state index contributed by atoms with van der Waals surface area (Å²) in [4.78, 5) is 27.9. The summed E-state index contributed by atoms with van der Waals surface area (Å²) in [6, 6.07) is 13.6. The van der Waals surface area contributed by atoms with Crippen molar-refractivity contribution in [3.63, 3.8) is 0 Å². The number of rotatable bonds is 6. The Morgan fingerprint density at radius 1 is 1.12 bits per heavy atom. The zero-order chi connectivity index (χ0) is 18.5. The van der Waals surface area contributed by atoms with Crippen molar-refractivity contribution in [2.45, 2.75) is 20.5 Å². The van der Waals surface area contributed by atoms with E-state index in [0.717, 1.165) is 0 Å². The van der Waals surface area contributed by atoms with Crippen LogP contribution in [0.1, 0.15) is 39.4 Å². The van der Waals surface area contributed by atoms with E-state index in [0.29, 0.717) is 34.3 Å². The number of ether oxygens (including phenoxy) is 1. The van der Waals surface area contributed by atoms with Crippen molar-refractivity contribution in [2.75, 3.05) is 5.32 Å². The third-order valence-corrected chi connectivity index (χ3v) is 3.61. The van der Waals surface area contributed by atoms with Crippen LogP contribution >= 0.6 is 0 Å². The van der Waals surface area contributed by atoms with Gasteiger partial charge in [0.25, 0.3) is 5.91 Å². The van der Waals surface area contributed by atoms with Gasteiger partial charge in [0.05, 0.1) is 5.56 Å². The Hall–Kier alpha value is -3.48. The van der Waals surface area contributed by atoms with Gasteiger partial charge in [-0.3, -0.25) is 9.59 Å². The summed E-state index contributed by atoms with van der Waals surface area (Å²) in [5.41, 5.74) is 1.55. The van der Waals surface area contributed by atoms with Crippen LogP contribution in [0, 0.1) is 6.92 Å². The van der Waals surface area contributed by atoms with E-state index in [4.69, 9.17) is 9.26 Å². The van der Waals surface area contributed by atoms with E-state index in [1.165, 1.54) is 6.92 Å². The molecule has 3 rings (SSSR count). The molecule has 0 aliphatic rings. The summed E-state index contributed by atoms with van der Waals surface area (Å²) in [6.07, 6.45) is 0. The molecule has 1 amide bonds. The molecule has 0 saturated heterocycles. The molecule has 7 nitrogen and oxygen atoms in total. The number of ketones is 1. The van der Waals surface area contributed by atoms with Gasteiger partial charge in [-0.1, -0.05) is 17.3 Å². The molecule has 2 aromatic carbocycles. The molecule has 26 heavy (non-hydrogen) atoms. The molecule has 3 aromatic rings. The normalized spacial score (nSPS) is 10.4. The molecular weight excluding hydrogens is 334 g/mol. The average molecular weight is 351 g/mol. The molecule has 0 atom stereocenters. The van der Waals surface area contributed by atoms with Gasteiger partial charge >= 0.3 is 0 Å². The molecule has 0 saturated carbocycles. The van der Waals surface area contributed by atoms with E-state index in [2.05, 4.69) is 15.5 Å². The van der Waals surface area contributed by atoms with Gasteiger partial charge in [0, 0.05) is 18.2 Å². The number of aryl methyl sites for hydroxylation is 1. The molecule has 0 unspecified atom stereocenters. The highest BCUT2D eigenvalue weighted by molar-refractivity contribution is 6.06. The predicted molar refractivity (Wildman–Crippen MR) is 94.2 cm³/mol. The smallest absolute Gasteiger partial charge is 0.259 e. The van der Waals surface area contributed by atoms with E-state index >= 15 is 0 Å². The van der Waals surface area contributed by atoms with Crippen molar-refractivity contribution in [1.82, 2.24) is 10.1 Å². The largest absolute Gasteiger partial charge is 0.485 e. The number of carbonyl (C=O) groups is 2. The number of hydrogen-bond acceptors (Lipinski definition) is 6. The molecule has 0 bridgehead atoms. The highest BCUT2D eigenvalue weighted by Crippen LogP contribution is 2.21. The Labute approximate surface area is 150 Å². The fourth-order valence-electron chi connectivity index (χ4n) is 2.31. The summed E-state index contributed by atoms with van der Waals surface area (Å²) in [7, 11) is 0. The molecule has 0 fully saturated rings. The molecule has 7 heteroatoms. The van der Waals surface area contributed by atoms with Gasteiger partial charge < -0.3 is 14.6 Å². The van der Waals surface area contributed by atoms with Crippen LogP contribution in [0.2, 0.25) is 0 Å². The lowest BCUT2D eigenvalue weighted by molar-refractivity contribution is 0.101. The molecule has 1 N–H and O–H groups in total. The van der Waals surface area contributed by atoms with E-state index in [1.54, 1.807) is 55.5 Å². The molecule has 0 spiro atoms. The molecule has 0 radical (unpaired) electrons. The Kier molecular flexibility index (Phi) is 5.07. The topological polar surface area (TPSA) is 94.3 Å². The maximum Gasteiger partial charge on any atom is 0.259 e. The van der Waals surface area contributed by atoms with Gasteiger partial charge in [-0.2, -0.15) is 4.98 Å². The Morgan fingerprint density at radius 3 is 2.50 bits per heavy atom. The standard InChI is InChI=1S/C19H17N3O4/c1-12(23)14-7-9-15(10-8-14)21-19(24)16-5-3-4-6-17(16)25-11-18-20-13(2)26-22-18/h3-10H,11H2,1-2H3,(H,21,24). The van der Waals surface area contributed by atoms with Crippen LogP contribution in [-0.4, -0.2) is 21.8 Å². The van der Waals surface area contributed by atoms with Crippen molar-refractivity contribution in [3.05, 3.63) is 71.4 Å². The second-order valence-electron chi connectivity index (χ2n) is 5.60. The predicted octanol–water partition coefficient (Wildman–Crippen LogP) is 3.41. The fourth-order valence-corrected chi connectivity index (χ4v) is 2.31. The summed E-state index contributed by atoms with van der Waals surface area (Å²) in [6.45, 7) is 3.27. The van der Waals surface area contributed by atoms with Crippen molar-refractivity contribution in [3.8, 4) is 5.75 Å². The lowest BCUT2D eigenvalue weighted by Gasteiger charge is -2.11. The summed E-state index contributed by atoms with van der Waals surface area (Å²) < 4.78 is 10.5. The van der Waals surface area contributed by atoms with E-state index in [1.807, 2.05) is 0 Å². The molecule has 1 aromatic heterocycles. The molecular formula is C19H17N3O4. The lowest BCUT2D eigenvalue weighted by Crippen LogP contribution is -2.14. The first-order valence-corrected chi connectivity index (χ1v) is 7.96. The number of hydrogen-bond donors (Lipinski definition) is 1. The first-order valence-electron chi connectivity index (χ1n) is 7.96. The fraction of sp³-hybridized carbons (Fsp3) is 0.158. The van der Waals surface area contributed by atoms with Crippen LogP contribution in [0.5, 0.6) is 5.75 Å². The summed E-state index contributed by atoms with van der Waals surface area (Å²) in [5, 5.41) is 6.54. The van der Waals surface area contributed by atoms with Gasteiger partial charge in [-0.15, -0.1) is 0 Å². The first kappa shape index (κ1) is 17.3. The monoisotopic (exact) mass is 351 g/mol. The lowest BCUT2D eigenvalue weighted by atomic mass is 10.1. The number of nitrogens with zero attached hydrogens (tertiary/aromatic N) is 2. The van der Waals surface area contributed by atoms with E-state index < -0.39 is 0 Å². The van der Waals surface area contributed by atoms with Crippen LogP contribution in [0.25, 0.3) is 0 Å². The quantitative estimate of drug-likeness (QED) is 0.684. The van der Waals surface area contributed by atoms with Gasteiger partial charge in [0.15, 0.2) is 12.4 Å². The number of anilines is 1. The number of nitrogens with one attached hydrogen (secondary N) is 1. The van der Waals surface area contributed by atoms with Crippen LogP contribution in [0.4, 0.5) is 5.69 Å². The van der Waals surface area contributed by atoms with E-state index in [-0.39, 0.29) is 18.3 Å². The van der Waals surface area contributed by atoms with Crippen molar-refractivity contribution < 1.29 is 18.8 Å². The molecule has 0 aliphatic heterocycles. The third kappa shape index (κ3) is 4.13. The minimum Gasteiger partial charge on any atom is -0.485 e. The highest BCUT2D eigenvalue weighted by atomic mass is 16.5. The van der Waals surface area contributed by atoms with Gasteiger partial charge in [0.1, 0.15) is 5.75 Å². The zero-order valence-corrected chi connectivity index (χ0v) is 14.4. The first-order chi connectivity index (χ1) is 12.5. The number of para-hydroxylation sites is 1. The molecule has 0 aliphatic carbocycles. The maximum atomic E-state index is 12.6. The average Bonchev–Trinajstić information content (AvgIpc) is 3.06. The van der Waals surface area contributed by atoms with Gasteiger partial charge in [-0.25, -0.2) is 0 Å². The SMILES string of the molecule is CC(=O)c1ccc(NC(=O)c2ccccc2OCc2noc(C)n2)cc1. The van der Waals surface area contributed by atoms with Crippen molar-refractivity contribution in [1.29, 1.82) is 0 Å². The number of amides is 1. The Balaban J connectivity index is 1.71. The Bertz CT molecular complexity index is 932. The minimum absolute atomic E-state index is 0.0293. The van der Waals surface area contributed by atoms with Gasteiger partial charge in [0.2, 0.25) is 11.7 Å². The van der Waals surface area contributed by atoms with Crippen LogP contribution in [0.15, 0.2) is 53.1 Å². The van der Waals surface area contributed by atoms with E-state index in [9.17, 15) is 9.59 Å². The second-order valence-corrected chi connectivity index (χ2v) is 5.60. The van der Waals surface area contributed by atoms with Crippen LogP contribution < -0.4 is 10.1 Å². The molecule has 1 heterocycles. The number of aromatic nitrogens is 2. The second kappa shape index (κ2) is 7.60. The Morgan fingerprint density at radius 2 is 1.85 bits per heavy atom. The minimum atomic E-state index is -0.319. The van der Waals surface area contributed by atoms with Crippen LogP contribution in [-0.2, 0) is 6.61 Å². The highest BCUT2D eigenvalue weighted by Gasteiger charge is 2.14. The number of benzene rings is 2. The van der Waals surface area contributed by atoms with Crippen molar-refractivity contribution >= 4 is 17.4 Å².